The Labute approximate surface area is 157 Å². The summed E-state index contributed by atoms with van der Waals surface area (Å²) < 4.78 is 6.12. The Hall–Kier alpha value is -2.24. The van der Waals surface area contributed by atoms with E-state index in [0.717, 1.165) is 18.6 Å². The van der Waals surface area contributed by atoms with Crippen LogP contribution < -0.4 is 4.90 Å². The number of piperidine rings is 1. The molecule has 0 spiro atoms. The van der Waals surface area contributed by atoms with Gasteiger partial charge in [0.05, 0.1) is 29.4 Å². The number of thiazole rings is 1. The zero-order chi connectivity index (χ0) is 17.9. The van der Waals surface area contributed by atoms with Crippen LogP contribution in [0, 0.1) is 0 Å². The van der Waals surface area contributed by atoms with Gasteiger partial charge in [-0.3, -0.25) is 0 Å². The average Bonchev–Trinajstić information content (AvgIpc) is 3.12. The largest absolute Gasteiger partial charge is 0.465 e. The van der Waals surface area contributed by atoms with Crippen molar-refractivity contribution in [3.8, 4) is 0 Å². The van der Waals surface area contributed by atoms with Gasteiger partial charge in [0, 0.05) is 12.0 Å². The van der Waals surface area contributed by atoms with E-state index in [1.165, 1.54) is 46.5 Å². The van der Waals surface area contributed by atoms with Gasteiger partial charge in [-0.15, -0.1) is 11.3 Å². The predicted molar refractivity (Wildman–Crippen MR) is 104 cm³/mol. The van der Waals surface area contributed by atoms with Crippen LogP contribution >= 0.6 is 11.3 Å². The van der Waals surface area contributed by atoms with E-state index in [4.69, 9.17) is 9.72 Å². The van der Waals surface area contributed by atoms with Crippen LogP contribution in [0.4, 0.5) is 0 Å². The number of hydrogen-bond acceptors (Lipinski definition) is 4. The number of quaternary nitrogens is 1. The number of carbonyl (C=O) groups is 1. The monoisotopic (exact) mass is 367 g/mol. The number of nitrogens with one attached hydrogen (secondary N) is 1. The second-order valence-corrected chi connectivity index (χ2v) is 7.91. The van der Waals surface area contributed by atoms with Gasteiger partial charge in [-0.2, -0.15) is 0 Å². The molecule has 3 aromatic rings. The zero-order valence-electron chi connectivity index (χ0n) is 14.9. The molecule has 1 aliphatic heterocycles. The van der Waals surface area contributed by atoms with Crippen molar-refractivity contribution in [1.82, 2.24) is 4.98 Å². The van der Waals surface area contributed by atoms with E-state index in [1.807, 2.05) is 29.5 Å². The molecule has 4 rings (SSSR count). The smallest absolute Gasteiger partial charge is 0.337 e. The number of likely N-dealkylation sites (tertiary alicyclic amines) is 1. The van der Waals surface area contributed by atoms with Crippen LogP contribution in [-0.4, -0.2) is 24.6 Å². The van der Waals surface area contributed by atoms with E-state index in [-0.39, 0.29) is 5.97 Å². The van der Waals surface area contributed by atoms with Crippen molar-refractivity contribution < 1.29 is 14.4 Å². The standard InChI is InChI=1S/C21H22N2O2S/c1-25-21(24)16-8-6-7-15(13-16)14-23-12-5-4-10-18(23)20-22-17-9-2-3-11-19(17)26-20/h2-3,6-9,11,13,18H,4-5,10,12,14H2,1H3/p+1/t18-/m1/s1. The first-order chi connectivity index (χ1) is 12.7. The number of rotatable bonds is 4. The Balaban J connectivity index is 1.59. The molecular formula is C21H23N2O2S+. The fourth-order valence-corrected chi connectivity index (χ4v) is 4.98. The van der Waals surface area contributed by atoms with Crippen molar-refractivity contribution in [2.24, 2.45) is 0 Å². The summed E-state index contributed by atoms with van der Waals surface area (Å²) in [5, 5.41) is 1.24. The SMILES string of the molecule is COC(=O)c1cccc(C[NH+]2CCCC[C@@H]2c2nc3ccccc3s2)c1. The highest BCUT2D eigenvalue weighted by Crippen LogP contribution is 2.28. The van der Waals surface area contributed by atoms with Crippen molar-refractivity contribution in [3.05, 3.63) is 64.7 Å². The highest BCUT2D eigenvalue weighted by molar-refractivity contribution is 7.18. The molecule has 134 valence electrons. The van der Waals surface area contributed by atoms with Gasteiger partial charge in [0.2, 0.25) is 0 Å². The van der Waals surface area contributed by atoms with Gasteiger partial charge in [0.25, 0.3) is 0 Å². The molecule has 0 saturated carbocycles. The van der Waals surface area contributed by atoms with Gasteiger partial charge in [0.1, 0.15) is 12.6 Å². The molecular weight excluding hydrogens is 344 g/mol. The number of nitrogens with zero attached hydrogens (tertiary/aromatic N) is 1. The van der Waals surface area contributed by atoms with Crippen LogP contribution in [0.1, 0.15) is 46.2 Å². The lowest BCUT2D eigenvalue weighted by molar-refractivity contribution is -0.950. The third-order valence-corrected chi connectivity index (χ3v) is 6.27. The summed E-state index contributed by atoms with van der Waals surface area (Å²) >= 11 is 1.82. The minimum atomic E-state index is -0.275. The molecule has 5 heteroatoms. The third kappa shape index (κ3) is 3.50. The van der Waals surface area contributed by atoms with E-state index in [0.29, 0.717) is 11.6 Å². The van der Waals surface area contributed by atoms with E-state index < -0.39 is 0 Å². The lowest BCUT2D eigenvalue weighted by atomic mass is 10.0. The number of methoxy groups -OCH3 is 1. The minimum absolute atomic E-state index is 0.275. The molecule has 1 aromatic heterocycles. The Bertz CT molecular complexity index is 888. The van der Waals surface area contributed by atoms with Crippen LogP contribution in [0.2, 0.25) is 0 Å². The molecule has 0 aliphatic carbocycles. The van der Waals surface area contributed by atoms with Crippen LogP contribution in [-0.2, 0) is 11.3 Å². The highest BCUT2D eigenvalue weighted by Gasteiger charge is 2.30. The molecule has 1 aliphatic rings. The summed E-state index contributed by atoms with van der Waals surface area (Å²) in [6.07, 6.45) is 3.67. The first-order valence-corrected chi connectivity index (χ1v) is 9.93. The summed E-state index contributed by atoms with van der Waals surface area (Å²) in [5.41, 5.74) is 2.90. The molecule has 1 unspecified atom stereocenters. The zero-order valence-corrected chi connectivity index (χ0v) is 15.7. The molecule has 4 nitrogen and oxygen atoms in total. The molecule has 1 fully saturated rings. The van der Waals surface area contributed by atoms with Crippen molar-refractivity contribution in [2.45, 2.75) is 31.8 Å². The summed E-state index contributed by atoms with van der Waals surface area (Å²) in [6.45, 7) is 2.05. The minimum Gasteiger partial charge on any atom is -0.465 e. The van der Waals surface area contributed by atoms with Gasteiger partial charge in [-0.05, 0) is 37.1 Å². The van der Waals surface area contributed by atoms with E-state index >= 15 is 0 Å². The number of ether oxygens (including phenoxy) is 1. The second kappa shape index (κ2) is 7.56. The van der Waals surface area contributed by atoms with Gasteiger partial charge in [0.15, 0.2) is 5.01 Å². The molecule has 0 bridgehead atoms. The van der Waals surface area contributed by atoms with E-state index in [2.05, 4.69) is 30.3 Å². The van der Waals surface area contributed by atoms with E-state index in [9.17, 15) is 4.79 Å². The van der Waals surface area contributed by atoms with Crippen molar-refractivity contribution in [3.63, 3.8) is 0 Å². The van der Waals surface area contributed by atoms with Crippen LogP contribution in [0.15, 0.2) is 48.5 Å². The number of esters is 1. The van der Waals surface area contributed by atoms with Gasteiger partial charge in [-0.25, -0.2) is 9.78 Å². The Kier molecular flexibility index (Phi) is 5.00. The normalized spacial score (nSPS) is 20.2. The molecule has 2 atom stereocenters. The maximum Gasteiger partial charge on any atom is 0.337 e. The first kappa shape index (κ1) is 17.2. The van der Waals surface area contributed by atoms with Gasteiger partial charge in [-0.1, -0.05) is 24.3 Å². The maximum atomic E-state index is 11.8. The van der Waals surface area contributed by atoms with Crippen LogP contribution in [0.25, 0.3) is 10.2 Å². The van der Waals surface area contributed by atoms with E-state index in [1.54, 1.807) is 0 Å². The second-order valence-electron chi connectivity index (χ2n) is 6.85. The lowest BCUT2D eigenvalue weighted by Crippen LogP contribution is -3.11. The number of para-hydroxylation sites is 1. The first-order valence-electron chi connectivity index (χ1n) is 9.12. The molecule has 26 heavy (non-hydrogen) atoms. The topological polar surface area (TPSA) is 43.6 Å². The molecule has 2 aromatic carbocycles. The number of carbonyl (C=O) groups excluding carboxylic acids is 1. The summed E-state index contributed by atoms with van der Waals surface area (Å²) in [4.78, 5) is 18.3. The fraction of sp³-hybridized carbons (Fsp3) is 0.333. The quantitative estimate of drug-likeness (QED) is 0.719. The van der Waals surface area contributed by atoms with Crippen molar-refractivity contribution in [2.75, 3.05) is 13.7 Å². The lowest BCUT2D eigenvalue weighted by Gasteiger charge is -2.31. The number of hydrogen-bond donors (Lipinski definition) is 1. The molecule has 0 radical (unpaired) electrons. The average molecular weight is 367 g/mol. The Morgan fingerprint density at radius 1 is 1.23 bits per heavy atom. The van der Waals surface area contributed by atoms with Crippen molar-refractivity contribution in [1.29, 1.82) is 0 Å². The molecule has 1 saturated heterocycles. The third-order valence-electron chi connectivity index (χ3n) is 5.12. The number of benzene rings is 2. The van der Waals surface area contributed by atoms with Crippen LogP contribution in [0.3, 0.4) is 0 Å². The molecule has 1 N–H and O–H groups in total. The summed E-state index contributed by atoms with van der Waals surface area (Å²) in [7, 11) is 1.42. The highest BCUT2D eigenvalue weighted by atomic mass is 32.1. The number of fused-ring (bicyclic) bond motifs is 1. The maximum absolute atomic E-state index is 11.8. The Morgan fingerprint density at radius 2 is 2.12 bits per heavy atom. The fourth-order valence-electron chi connectivity index (χ4n) is 3.82. The molecule has 2 heterocycles. The van der Waals surface area contributed by atoms with Crippen molar-refractivity contribution >= 4 is 27.5 Å². The summed E-state index contributed by atoms with van der Waals surface area (Å²) in [5.74, 6) is -0.275. The summed E-state index contributed by atoms with van der Waals surface area (Å²) in [6, 6.07) is 16.6. The van der Waals surface area contributed by atoms with Crippen LogP contribution in [0.5, 0.6) is 0 Å². The predicted octanol–water partition coefficient (Wildman–Crippen LogP) is 3.39. The van der Waals surface area contributed by atoms with Gasteiger partial charge >= 0.3 is 5.97 Å². The Morgan fingerprint density at radius 3 is 2.96 bits per heavy atom. The van der Waals surface area contributed by atoms with Gasteiger partial charge < -0.3 is 9.64 Å². The number of aromatic nitrogens is 1. The molecule has 0 amide bonds.